The van der Waals surface area contributed by atoms with Crippen LogP contribution in [0.2, 0.25) is 5.02 Å². The van der Waals surface area contributed by atoms with Crippen LogP contribution in [0.25, 0.3) is 0 Å². The maximum Gasteiger partial charge on any atom is 0.343 e. The van der Waals surface area contributed by atoms with Gasteiger partial charge in [0.05, 0.1) is 22.8 Å². The molecule has 1 amide bonds. The Labute approximate surface area is 221 Å². The molecule has 8 heteroatoms. The zero-order valence-corrected chi connectivity index (χ0v) is 21.4. The van der Waals surface area contributed by atoms with Gasteiger partial charge in [-0.15, -0.1) is 0 Å². The molecule has 37 heavy (non-hydrogen) atoms. The average molecular weight is 524 g/mol. The minimum atomic E-state index is -1.18. The molecule has 0 aromatic heterocycles. The lowest BCUT2D eigenvalue weighted by Crippen LogP contribution is -2.42. The summed E-state index contributed by atoms with van der Waals surface area (Å²) in [6.45, 7) is 2.80. The van der Waals surface area contributed by atoms with Gasteiger partial charge >= 0.3 is 11.9 Å². The largest absolute Gasteiger partial charge is 0.494 e. The molecule has 7 nitrogen and oxygen atoms in total. The smallest absolute Gasteiger partial charge is 0.343 e. The van der Waals surface area contributed by atoms with Gasteiger partial charge in [0.1, 0.15) is 17.5 Å². The lowest BCUT2D eigenvalue weighted by molar-refractivity contribution is -0.139. The predicted octanol–water partition coefficient (Wildman–Crippen LogP) is 5.94. The molecule has 0 bridgehead atoms. The number of carbonyl (C=O) groups is 3. The van der Waals surface area contributed by atoms with Crippen LogP contribution in [0.5, 0.6) is 11.5 Å². The first-order valence-electron chi connectivity index (χ1n) is 12.2. The first-order chi connectivity index (χ1) is 17.9. The molecular weight excluding hydrogens is 494 g/mol. The predicted molar refractivity (Wildman–Crippen MR) is 142 cm³/mol. The third kappa shape index (κ3) is 8.65. The molecule has 0 radical (unpaired) electrons. The normalized spacial score (nSPS) is 11.4. The van der Waals surface area contributed by atoms with Crippen LogP contribution in [-0.4, -0.2) is 35.6 Å². The fourth-order valence-electron chi connectivity index (χ4n) is 3.58. The van der Waals surface area contributed by atoms with Gasteiger partial charge in [-0.3, -0.25) is 4.79 Å². The summed E-state index contributed by atoms with van der Waals surface area (Å²) in [5.41, 5.74) is 1.23. The lowest BCUT2D eigenvalue weighted by atomic mass is 10.1. The minimum Gasteiger partial charge on any atom is -0.494 e. The van der Waals surface area contributed by atoms with Crippen LogP contribution in [0.1, 0.15) is 58.9 Å². The second-order valence-electron chi connectivity index (χ2n) is 8.52. The van der Waals surface area contributed by atoms with E-state index < -0.39 is 23.9 Å². The minimum absolute atomic E-state index is 0.0413. The van der Waals surface area contributed by atoms with Crippen molar-refractivity contribution in [3.63, 3.8) is 0 Å². The Bertz CT molecular complexity index is 1190. The summed E-state index contributed by atoms with van der Waals surface area (Å²) in [7, 11) is 0. The van der Waals surface area contributed by atoms with E-state index in [4.69, 9.17) is 21.1 Å². The molecule has 0 aliphatic carbocycles. The van der Waals surface area contributed by atoms with Gasteiger partial charge in [0.2, 0.25) is 0 Å². The van der Waals surface area contributed by atoms with E-state index in [0.29, 0.717) is 29.2 Å². The SMILES string of the molecule is CCCCCCOc1ccc(C(=O)Oc2ccc(CC(NC(=O)c3ccccc3Cl)C(=O)O)cc2)cc1. The number of ether oxygens (including phenoxy) is 2. The van der Waals surface area contributed by atoms with Gasteiger partial charge in [0, 0.05) is 6.42 Å². The molecule has 0 saturated heterocycles. The van der Waals surface area contributed by atoms with Crippen molar-refractivity contribution in [2.75, 3.05) is 6.61 Å². The number of carboxylic acids is 1. The highest BCUT2D eigenvalue weighted by Crippen LogP contribution is 2.19. The summed E-state index contributed by atoms with van der Waals surface area (Å²) >= 11 is 6.03. The molecule has 1 unspecified atom stereocenters. The quantitative estimate of drug-likeness (QED) is 0.163. The number of amides is 1. The Balaban J connectivity index is 1.53. The monoisotopic (exact) mass is 523 g/mol. The van der Waals surface area contributed by atoms with E-state index in [2.05, 4.69) is 12.2 Å². The van der Waals surface area contributed by atoms with Crippen LogP contribution in [0.4, 0.5) is 0 Å². The zero-order valence-electron chi connectivity index (χ0n) is 20.6. The van der Waals surface area contributed by atoms with Crippen molar-refractivity contribution in [1.29, 1.82) is 0 Å². The van der Waals surface area contributed by atoms with E-state index in [1.54, 1.807) is 66.7 Å². The lowest BCUT2D eigenvalue weighted by Gasteiger charge is -2.15. The molecule has 0 aliphatic heterocycles. The van der Waals surface area contributed by atoms with E-state index in [9.17, 15) is 19.5 Å². The standard InChI is InChI=1S/C29H30ClNO6/c1-2-3-4-7-18-36-22-16-12-21(13-17-22)29(35)37-23-14-10-20(11-15-23)19-26(28(33)34)31-27(32)24-8-5-6-9-25(24)30/h5-6,8-17,26H,2-4,7,18-19H2,1H3,(H,31,32)(H,33,34). The number of benzene rings is 3. The van der Waals surface area contributed by atoms with Crippen LogP contribution >= 0.6 is 11.6 Å². The summed E-state index contributed by atoms with van der Waals surface area (Å²) in [6.07, 6.45) is 4.53. The third-order valence-electron chi connectivity index (χ3n) is 5.65. The highest BCUT2D eigenvalue weighted by atomic mass is 35.5. The van der Waals surface area contributed by atoms with Crippen LogP contribution in [0.15, 0.2) is 72.8 Å². The highest BCUT2D eigenvalue weighted by molar-refractivity contribution is 6.33. The van der Waals surface area contributed by atoms with Crippen molar-refractivity contribution >= 4 is 29.4 Å². The molecule has 0 heterocycles. The van der Waals surface area contributed by atoms with E-state index in [0.717, 1.165) is 12.8 Å². The maximum absolute atomic E-state index is 12.5. The zero-order chi connectivity index (χ0) is 26.6. The summed E-state index contributed by atoms with van der Waals surface area (Å²) in [5.74, 6) is -1.25. The molecule has 3 rings (SSSR count). The molecular formula is C29H30ClNO6. The van der Waals surface area contributed by atoms with E-state index in [1.807, 2.05) is 0 Å². The number of aliphatic carboxylic acids is 1. The summed E-state index contributed by atoms with van der Waals surface area (Å²) < 4.78 is 11.1. The van der Waals surface area contributed by atoms with Gasteiger partial charge in [-0.25, -0.2) is 9.59 Å². The summed E-state index contributed by atoms with van der Waals surface area (Å²) in [4.78, 5) is 36.7. The fraction of sp³-hybridized carbons (Fsp3) is 0.276. The number of esters is 1. The van der Waals surface area contributed by atoms with E-state index in [-0.39, 0.29) is 17.0 Å². The van der Waals surface area contributed by atoms with Crippen molar-refractivity contribution in [3.8, 4) is 11.5 Å². The van der Waals surface area contributed by atoms with Crippen molar-refractivity contribution in [1.82, 2.24) is 5.32 Å². The molecule has 3 aromatic carbocycles. The van der Waals surface area contributed by atoms with Gasteiger partial charge in [-0.05, 0) is 60.5 Å². The van der Waals surface area contributed by atoms with Gasteiger partial charge in [0.25, 0.3) is 5.91 Å². The number of rotatable bonds is 13. The molecule has 1 atom stereocenters. The van der Waals surface area contributed by atoms with Crippen molar-refractivity contribution in [2.45, 2.75) is 45.1 Å². The van der Waals surface area contributed by atoms with Crippen LogP contribution in [-0.2, 0) is 11.2 Å². The van der Waals surface area contributed by atoms with Crippen molar-refractivity contribution < 1.29 is 29.0 Å². The molecule has 0 aliphatic rings. The van der Waals surface area contributed by atoms with Crippen LogP contribution in [0, 0.1) is 0 Å². The Morgan fingerprint density at radius 2 is 1.57 bits per heavy atom. The number of halogens is 1. The number of hydrogen-bond donors (Lipinski definition) is 2. The molecule has 0 fully saturated rings. The van der Waals surface area contributed by atoms with Gasteiger partial charge in [-0.2, -0.15) is 0 Å². The third-order valence-corrected chi connectivity index (χ3v) is 5.98. The highest BCUT2D eigenvalue weighted by Gasteiger charge is 2.22. The Morgan fingerprint density at radius 1 is 0.892 bits per heavy atom. The number of hydrogen-bond acceptors (Lipinski definition) is 5. The number of unbranched alkanes of at least 4 members (excludes halogenated alkanes) is 3. The van der Waals surface area contributed by atoms with Gasteiger partial charge < -0.3 is 19.9 Å². The first kappa shape index (κ1) is 27.7. The Kier molecular flexibility index (Phi) is 10.5. The van der Waals surface area contributed by atoms with Crippen molar-refractivity contribution in [3.05, 3.63) is 94.5 Å². The Hall–Kier alpha value is -3.84. The maximum atomic E-state index is 12.5. The number of nitrogens with one attached hydrogen (secondary N) is 1. The topological polar surface area (TPSA) is 102 Å². The van der Waals surface area contributed by atoms with Gasteiger partial charge in [-0.1, -0.05) is 62.1 Å². The molecule has 3 aromatic rings. The average Bonchev–Trinajstić information content (AvgIpc) is 2.89. The van der Waals surface area contributed by atoms with E-state index >= 15 is 0 Å². The van der Waals surface area contributed by atoms with Crippen molar-refractivity contribution in [2.24, 2.45) is 0 Å². The van der Waals surface area contributed by atoms with Gasteiger partial charge in [0.15, 0.2) is 0 Å². The number of carbonyl (C=O) groups excluding carboxylic acids is 2. The fourth-order valence-corrected chi connectivity index (χ4v) is 3.80. The second kappa shape index (κ2) is 14.0. The molecule has 0 saturated carbocycles. The molecule has 0 spiro atoms. The van der Waals surface area contributed by atoms with Crippen LogP contribution < -0.4 is 14.8 Å². The summed E-state index contributed by atoms with van der Waals surface area (Å²) in [5, 5.41) is 12.3. The molecule has 194 valence electrons. The summed E-state index contributed by atoms with van der Waals surface area (Å²) in [6, 6.07) is 18.5. The first-order valence-corrected chi connectivity index (χ1v) is 12.6. The van der Waals surface area contributed by atoms with E-state index in [1.165, 1.54) is 18.9 Å². The Morgan fingerprint density at radius 3 is 2.22 bits per heavy atom. The second-order valence-corrected chi connectivity index (χ2v) is 8.92. The molecule has 2 N–H and O–H groups in total. The van der Waals surface area contributed by atoms with Crippen LogP contribution in [0.3, 0.4) is 0 Å². The number of carboxylic acid groups (broad SMARTS) is 1.